The molecule has 0 aliphatic carbocycles. The lowest BCUT2D eigenvalue weighted by molar-refractivity contribution is -0.114. The molecule has 0 bridgehead atoms. The van der Waals surface area contributed by atoms with Gasteiger partial charge in [-0.1, -0.05) is 11.8 Å². The van der Waals surface area contributed by atoms with Gasteiger partial charge in [-0.25, -0.2) is 0 Å². The van der Waals surface area contributed by atoms with Crippen LogP contribution in [0.5, 0.6) is 0 Å². The van der Waals surface area contributed by atoms with Crippen LogP contribution in [0.1, 0.15) is 25.6 Å². The van der Waals surface area contributed by atoms with Crippen molar-refractivity contribution in [1.29, 1.82) is 0 Å². The number of carbonyl (C=O) groups excluding carboxylic acids is 1. The molecule has 0 saturated heterocycles. The Kier molecular flexibility index (Phi) is 4.76. The van der Waals surface area contributed by atoms with Gasteiger partial charge in [-0.2, -0.15) is 0 Å². The second kappa shape index (κ2) is 6.54. The molecule has 104 valence electrons. The maximum Gasteiger partial charge on any atom is 0.221 e. The number of pyridine rings is 1. The van der Waals surface area contributed by atoms with Crippen LogP contribution in [0.4, 0.5) is 5.69 Å². The quantitative estimate of drug-likeness (QED) is 0.906. The van der Waals surface area contributed by atoms with Gasteiger partial charge in [0.05, 0.1) is 5.69 Å². The molecule has 4 nitrogen and oxygen atoms in total. The molecule has 2 aromatic rings. The third-order valence-corrected chi connectivity index (χ3v) is 3.62. The number of rotatable bonds is 4. The zero-order chi connectivity index (χ0) is 14.5. The van der Waals surface area contributed by atoms with E-state index < -0.39 is 0 Å². The summed E-state index contributed by atoms with van der Waals surface area (Å²) in [5.41, 5.74) is 7.45. The molecule has 1 aromatic heterocycles. The van der Waals surface area contributed by atoms with E-state index >= 15 is 0 Å². The van der Waals surface area contributed by atoms with Gasteiger partial charge in [-0.3, -0.25) is 9.78 Å². The minimum Gasteiger partial charge on any atom is -0.326 e. The van der Waals surface area contributed by atoms with E-state index in [0.717, 1.165) is 21.2 Å². The first-order chi connectivity index (χ1) is 9.54. The molecular formula is C15H17N3OS. The van der Waals surface area contributed by atoms with Crippen molar-refractivity contribution in [2.75, 3.05) is 5.32 Å². The van der Waals surface area contributed by atoms with Crippen LogP contribution in [0.3, 0.4) is 0 Å². The predicted octanol–water partition coefficient (Wildman–Crippen LogP) is 3.21. The molecule has 0 saturated carbocycles. The molecule has 0 spiro atoms. The Bertz CT molecular complexity index is 579. The van der Waals surface area contributed by atoms with Gasteiger partial charge in [0.15, 0.2) is 0 Å². The van der Waals surface area contributed by atoms with E-state index in [4.69, 9.17) is 5.73 Å². The number of hydrogen-bond acceptors (Lipinski definition) is 4. The third-order valence-electron chi connectivity index (χ3n) is 2.64. The molecule has 2 rings (SSSR count). The molecule has 0 aliphatic rings. The average Bonchev–Trinajstić information content (AvgIpc) is 2.41. The summed E-state index contributed by atoms with van der Waals surface area (Å²) in [5.74, 6) is -0.0684. The van der Waals surface area contributed by atoms with Gasteiger partial charge in [-0.15, -0.1) is 0 Å². The lowest BCUT2D eigenvalue weighted by Crippen LogP contribution is -2.06. The summed E-state index contributed by atoms with van der Waals surface area (Å²) in [4.78, 5) is 17.4. The lowest BCUT2D eigenvalue weighted by atomic mass is 10.2. The Labute approximate surface area is 122 Å². The third kappa shape index (κ3) is 4.08. The van der Waals surface area contributed by atoms with E-state index in [0.29, 0.717) is 0 Å². The Morgan fingerprint density at radius 2 is 1.85 bits per heavy atom. The van der Waals surface area contributed by atoms with Crippen molar-refractivity contribution in [1.82, 2.24) is 4.98 Å². The number of aromatic nitrogens is 1. The number of nitrogens with zero attached hydrogens (tertiary/aromatic N) is 1. The van der Waals surface area contributed by atoms with Crippen molar-refractivity contribution in [3.63, 3.8) is 0 Å². The summed E-state index contributed by atoms with van der Waals surface area (Å²) >= 11 is 1.62. The zero-order valence-electron chi connectivity index (χ0n) is 11.5. The number of benzene rings is 1. The fourth-order valence-corrected chi connectivity index (χ4v) is 2.45. The highest BCUT2D eigenvalue weighted by atomic mass is 32.2. The summed E-state index contributed by atoms with van der Waals surface area (Å²) in [5, 5.41) is 2.74. The van der Waals surface area contributed by atoms with Crippen molar-refractivity contribution >= 4 is 23.4 Å². The van der Waals surface area contributed by atoms with Crippen LogP contribution in [0.25, 0.3) is 0 Å². The van der Waals surface area contributed by atoms with E-state index in [-0.39, 0.29) is 11.9 Å². The summed E-state index contributed by atoms with van der Waals surface area (Å²) in [6.07, 6.45) is 1.82. The highest BCUT2D eigenvalue weighted by molar-refractivity contribution is 7.99. The average molecular weight is 287 g/mol. The maximum atomic E-state index is 10.9. The fourth-order valence-electron chi connectivity index (χ4n) is 1.67. The first-order valence-electron chi connectivity index (χ1n) is 6.31. The van der Waals surface area contributed by atoms with Gasteiger partial charge in [0.25, 0.3) is 0 Å². The normalized spacial score (nSPS) is 11.9. The lowest BCUT2D eigenvalue weighted by Gasteiger charge is -2.07. The molecule has 0 aliphatic heterocycles. The van der Waals surface area contributed by atoms with Gasteiger partial charge in [0.2, 0.25) is 5.91 Å². The summed E-state index contributed by atoms with van der Waals surface area (Å²) in [6, 6.07) is 11.6. The molecule has 1 atom stereocenters. The predicted molar refractivity (Wildman–Crippen MR) is 81.7 cm³/mol. The second-order valence-corrected chi connectivity index (χ2v) is 5.66. The number of carbonyl (C=O) groups is 1. The van der Waals surface area contributed by atoms with Crippen LogP contribution >= 0.6 is 11.8 Å². The molecule has 5 heteroatoms. The number of nitrogens with two attached hydrogens (primary N) is 1. The molecule has 0 unspecified atom stereocenters. The molecule has 1 amide bonds. The monoisotopic (exact) mass is 287 g/mol. The van der Waals surface area contributed by atoms with Gasteiger partial charge in [0, 0.05) is 34.6 Å². The molecule has 0 fully saturated rings. The molecule has 3 N–H and O–H groups in total. The molecule has 1 heterocycles. The minimum absolute atomic E-state index is 0.0500. The van der Waals surface area contributed by atoms with Crippen LogP contribution in [0.15, 0.2) is 52.4 Å². The van der Waals surface area contributed by atoms with E-state index in [9.17, 15) is 4.79 Å². The van der Waals surface area contributed by atoms with Crippen LogP contribution in [0, 0.1) is 0 Å². The van der Waals surface area contributed by atoms with E-state index in [1.807, 2.05) is 49.5 Å². The van der Waals surface area contributed by atoms with Crippen LogP contribution in [-0.2, 0) is 4.79 Å². The Balaban J connectivity index is 2.04. The van der Waals surface area contributed by atoms with Crippen LogP contribution < -0.4 is 11.1 Å². The van der Waals surface area contributed by atoms with Crippen molar-refractivity contribution in [3.8, 4) is 0 Å². The van der Waals surface area contributed by atoms with Gasteiger partial charge < -0.3 is 11.1 Å². The number of amides is 1. The minimum atomic E-state index is -0.0684. The van der Waals surface area contributed by atoms with Crippen LogP contribution in [-0.4, -0.2) is 10.9 Å². The standard InChI is InChI=1S/C15H17N3OS/c1-10(16)15-8-7-14(9-17-15)20-13-5-3-12(4-6-13)18-11(2)19/h3-10H,16H2,1-2H3,(H,18,19)/t10-/m1/s1. The first kappa shape index (κ1) is 14.6. The van der Waals surface area contributed by atoms with Crippen molar-refractivity contribution < 1.29 is 4.79 Å². The first-order valence-corrected chi connectivity index (χ1v) is 7.13. The summed E-state index contributed by atoms with van der Waals surface area (Å²) in [7, 11) is 0. The van der Waals surface area contributed by atoms with Gasteiger partial charge in [0.1, 0.15) is 0 Å². The van der Waals surface area contributed by atoms with Crippen LogP contribution in [0.2, 0.25) is 0 Å². The summed E-state index contributed by atoms with van der Waals surface area (Å²) < 4.78 is 0. The SMILES string of the molecule is CC(=O)Nc1ccc(Sc2ccc([C@@H](C)N)nc2)cc1. The highest BCUT2D eigenvalue weighted by Gasteiger charge is 2.03. The molecule has 1 aromatic carbocycles. The summed E-state index contributed by atoms with van der Waals surface area (Å²) in [6.45, 7) is 3.41. The largest absolute Gasteiger partial charge is 0.326 e. The molecule has 20 heavy (non-hydrogen) atoms. The number of anilines is 1. The Morgan fingerprint density at radius 1 is 1.20 bits per heavy atom. The second-order valence-electron chi connectivity index (χ2n) is 4.52. The smallest absolute Gasteiger partial charge is 0.221 e. The maximum absolute atomic E-state index is 10.9. The topological polar surface area (TPSA) is 68.0 Å². The highest BCUT2D eigenvalue weighted by Crippen LogP contribution is 2.28. The van der Waals surface area contributed by atoms with Crippen molar-refractivity contribution in [3.05, 3.63) is 48.3 Å². The Morgan fingerprint density at radius 3 is 2.35 bits per heavy atom. The van der Waals surface area contributed by atoms with Gasteiger partial charge >= 0.3 is 0 Å². The zero-order valence-corrected chi connectivity index (χ0v) is 12.3. The van der Waals surface area contributed by atoms with E-state index in [1.54, 1.807) is 11.8 Å². The number of nitrogens with one attached hydrogen (secondary N) is 1. The van der Waals surface area contributed by atoms with Crippen molar-refractivity contribution in [2.24, 2.45) is 5.73 Å². The fraction of sp³-hybridized carbons (Fsp3) is 0.200. The molecular weight excluding hydrogens is 270 g/mol. The van der Waals surface area contributed by atoms with Crippen molar-refractivity contribution in [2.45, 2.75) is 29.7 Å². The van der Waals surface area contributed by atoms with Gasteiger partial charge in [-0.05, 0) is 43.3 Å². The van der Waals surface area contributed by atoms with E-state index in [1.165, 1.54) is 6.92 Å². The Hall–Kier alpha value is -1.85. The molecule has 0 radical (unpaired) electrons. The number of hydrogen-bond donors (Lipinski definition) is 2. The van der Waals surface area contributed by atoms with E-state index in [2.05, 4.69) is 10.3 Å².